The van der Waals surface area contributed by atoms with Crippen molar-refractivity contribution in [2.45, 2.75) is 32.9 Å². The van der Waals surface area contributed by atoms with Crippen molar-refractivity contribution in [3.05, 3.63) is 53.3 Å². The molecule has 0 amide bonds. The molecule has 2 rings (SSSR count). The zero-order valence-electron chi connectivity index (χ0n) is 15.0. The molecule has 0 radical (unpaired) electrons. The van der Waals surface area contributed by atoms with Gasteiger partial charge in [-0.05, 0) is 54.8 Å². The maximum Gasteiger partial charge on any atom is 0.307 e. The minimum Gasteiger partial charge on any atom is -0.496 e. The first-order valence-electron chi connectivity index (χ1n) is 8.23. The van der Waals surface area contributed by atoms with Crippen molar-refractivity contribution in [3.8, 4) is 16.9 Å². The molecule has 26 heavy (non-hydrogen) atoms. The van der Waals surface area contributed by atoms with Gasteiger partial charge in [0.2, 0.25) is 0 Å². The van der Waals surface area contributed by atoms with Gasteiger partial charge in [-0.15, -0.1) is 0 Å². The molecule has 2 aromatic carbocycles. The molecular weight excluding hydrogens is 337 g/mol. The van der Waals surface area contributed by atoms with E-state index in [1.807, 2.05) is 0 Å². The van der Waals surface area contributed by atoms with Gasteiger partial charge in [-0.2, -0.15) is 0 Å². The number of ketones is 1. The standard InChI is InChI=1S/C20H22FNO4/c1-12(13(2)23)22-11-15-10-16(21)5-6-17(15)18-8-14(9-20(24)25)4-7-19(18)26-3/h4-8,10,12,22H,9,11H2,1-3H3,(H,24,25). The highest BCUT2D eigenvalue weighted by atomic mass is 19.1. The number of ether oxygens (including phenoxy) is 1. The number of benzene rings is 2. The van der Waals surface area contributed by atoms with Crippen LogP contribution in [0, 0.1) is 5.82 Å². The minimum absolute atomic E-state index is 0.0102. The number of hydrogen-bond donors (Lipinski definition) is 2. The van der Waals surface area contributed by atoms with Gasteiger partial charge < -0.3 is 15.2 Å². The van der Waals surface area contributed by atoms with Crippen LogP contribution in [0.5, 0.6) is 5.75 Å². The van der Waals surface area contributed by atoms with Crippen LogP contribution in [0.25, 0.3) is 11.1 Å². The Morgan fingerprint density at radius 1 is 1.19 bits per heavy atom. The fourth-order valence-corrected chi connectivity index (χ4v) is 2.63. The molecular formula is C20H22FNO4. The van der Waals surface area contributed by atoms with E-state index in [2.05, 4.69) is 5.32 Å². The van der Waals surface area contributed by atoms with E-state index in [1.54, 1.807) is 31.2 Å². The summed E-state index contributed by atoms with van der Waals surface area (Å²) in [6.07, 6.45) is -0.118. The molecule has 0 aromatic heterocycles. The summed E-state index contributed by atoms with van der Waals surface area (Å²) < 4.78 is 19.2. The van der Waals surface area contributed by atoms with Gasteiger partial charge in [0.15, 0.2) is 0 Å². The number of methoxy groups -OCH3 is 1. The van der Waals surface area contributed by atoms with Crippen molar-refractivity contribution < 1.29 is 23.8 Å². The molecule has 138 valence electrons. The Balaban J connectivity index is 2.46. The maximum absolute atomic E-state index is 13.8. The molecule has 5 nitrogen and oxygen atoms in total. The summed E-state index contributed by atoms with van der Waals surface area (Å²) in [6, 6.07) is 9.15. The molecule has 2 N–H and O–H groups in total. The van der Waals surface area contributed by atoms with E-state index in [0.717, 1.165) is 5.56 Å². The molecule has 2 aromatic rings. The average Bonchev–Trinajstić information content (AvgIpc) is 2.59. The van der Waals surface area contributed by atoms with E-state index in [-0.39, 0.29) is 24.1 Å². The van der Waals surface area contributed by atoms with Crippen molar-refractivity contribution in [2.24, 2.45) is 0 Å². The summed E-state index contributed by atoms with van der Waals surface area (Å²) in [4.78, 5) is 22.4. The number of carbonyl (C=O) groups is 2. The Hall–Kier alpha value is -2.73. The third-order valence-electron chi connectivity index (χ3n) is 4.19. The Bertz CT molecular complexity index is 819. The summed E-state index contributed by atoms with van der Waals surface area (Å²) in [7, 11) is 1.52. The third-order valence-corrected chi connectivity index (χ3v) is 4.19. The predicted molar refractivity (Wildman–Crippen MR) is 96.7 cm³/mol. The number of halogens is 1. The van der Waals surface area contributed by atoms with Gasteiger partial charge in [0, 0.05) is 12.1 Å². The zero-order valence-corrected chi connectivity index (χ0v) is 15.0. The van der Waals surface area contributed by atoms with Crippen LogP contribution >= 0.6 is 0 Å². The van der Waals surface area contributed by atoms with Crippen LogP contribution in [0.2, 0.25) is 0 Å². The largest absolute Gasteiger partial charge is 0.496 e. The van der Waals surface area contributed by atoms with Gasteiger partial charge in [0.05, 0.1) is 19.6 Å². The smallest absolute Gasteiger partial charge is 0.307 e. The Morgan fingerprint density at radius 3 is 2.54 bits per heavy atom. The Morgan fingerprint density at radius 2 is 1.92 bits per heavy atom. The maximum atomic E-state index is 13.8. The topological polar surface area (TPSA) is 75.6 Å². The number of rotatable bonds is 8. The number of Topliss-reactive ketones (excluding diaryl/α,β-unsaturated/α-hetero) is 1. The lowest BCUT2D eigenvalue weighted by atomic mass is 9.96. The predicted octanol–water partition coefficient (Wildman–Crippen LogP) is 3.20. The first kappa shape index (κ1) is 19.6. The Labute approximate surface area is 151 Å². The van der Waals surface area contributed by atoms with E-state index in [9.17, 15) is 14.0 Å². The van der Waals surface area contributed by atoms with Crippen LogP contribution in [0.15, 0.2) is 36.4 Å². The molecule has 0 fully saturated rings. The molecule has 0 aliphatic heterocycles. The summed E-state index contributed by atoms with van der Waals surface area (Å²) in [5, 5.41) is 12.1. The molecule has 1 unspecified atom stereocenters. The van der Waals surface area contributed by atoms with Crippen molar-refractivity contribution in [3.63, 3.8) is 0 Å². The molecule has 1 atom stereocenters. The van der Waals surface area contributed by atoms with Crippen LogP contribution < -0.4 is 10.1 Å². The normalized spacial score (nSPS) is 11.8. The van der Waals surface area contributed by atoms with Gasteiger partial charge >= 0.3 is 5.97 Å². The lowest BCUT2D eigenvalue weighted by Crippen LogP contribution is -2.31. The molecule has 0 bridgehead atoms. The fourth-order valence-electron chi connectivity index (χ4n) is 2.63. The summed E-state index contributed by atoms with van der Waals surface area (Å²) in [5.41, 5.74) is 2.68. The number of carbonyl (C=O) groups excluding carboxylic acids is 1. The second-order valence-electron chi connectivity index (χ2n) is 6.12. The Kier molecular flexibility index (Phi) is 6.46. The van der Waals surface area contributed by atoms with Gasteiger partial charge in [-0.1, -0.05) is 12.1 Å². The monoisotopic (exact) mass is 359 g/mol. The van der Waals surface area contributed by atoms with Crippen molar-refractivity contribution in [1.82, 2.24) is 5.32 Å². The summed E-state index contributed by atoms with van der Waals surface area (Å²) >= 11 is 0. The van der Waals surface area contributed by atoms with Crippen LogP contribution in [-0.2, 0) is 22.6 Å². The molecule has 0 aliphatic rings. The first-order valence-corrected chi connectivity index (χ1v) is 8.23. The van der Waals surface area contributed by atoms with Gasteiger partial charge in [0.25, 0.3) is 0 Å². The van der Waals surface area contributed by atoms with E-state index in [0.29, 0.717) is 29.0 Å². The second kappa shape index (κ2) is 8.58. The third kappa shape index (κ3) is 4.89. The van der Waals surface area contributed by atoms with E-state index in [4.69, 9.17) is 9.84 Å². The van der Waals surface area contributed by atoms with Crippen molar-refractivity contribution in [2.75, 3.05) is 7.11 Å². The number of carboxylic acids is 1. The summed E-state index contributed by atoms with van der Waals surface area (Å²) in [6.45, 7) is 3.53. The van der Waals surface area contributed by atoms with E-state index >= 15 is 0 Å². The number of hydrogen-bond acceptors (Lipinski definition) is 4. The highest BCUT2D eigenvalue weighted by Crippen LogP contribution is 2.34. The lowest BCUT2D eigenvalue weighted by molar-refractivity contribution is -0.136. The quantitative estimate of drug-likeness (QED) is 0.757. The SMILES string of the molecule is COc1ccc(CC(=O)O)cc1-c1ccc(F)cc1CNC(C)C(C)=O. The second-order valence-corrected chi connectivity index (χ2v) is 6.12. The van der Waals surface area contributed by atoms with E-state index < -0.39 is 5.97 Å². The van der Waals surface area contributed by atoms with Crippen LogP contribution in [0.3, 0.4) is 0 Å². The van der Waals surface area contributed by atoms with Gasteiger partial charge in [-0.25, -0.2) is 4.39 Å². The molecule has 0 saturated carbocycles. The average molecular weight is 359 g/mol. The number of nitrogens with one attached hydrogen (secondary N) is 1. The van der Waals surface area contributed by atoms with Crippen LogP contribution in [0.4, 0.5) is 4.39 Å². The molecule has 0 spiro atoms. The molecule has 0 aliphatic carbocycles. The van der Waals surface area contributed by atoms with Gasteiger partial charge in [-0.3, -0.25) is 9.59 Å². The number of carboxylic acid groups (broad SMARTS) is 1. The zero-order chi connectivity index (χ0) is 19.3. The van der Waals surface area contributed by atoms with Crippen LogP contribution in [0.1, 0.15) is 25.0 Å². The van der Waals surface area contributed by atoms with E-state index in [1.165, 1.54) is 26.2 Å². The van der Waals surface area contributed by atoms with Gasteiger partial charge in [0.1, 0.15) is 17.3 Å². The van der Waals surface area contributed by atoms with Crippen LogP contribution in [-0.4, -0.2) is 30.0 Å². The van der Waals surface area contributed by atoms with Crippen molar-refractivity contribution in [1.29, 1.82) is 0 Å². The summed E-state index contributed by atoms with van der Waals surface area (Å²) in [5.74, 6) is -0.769. The lowest BCUT2D eigenvalue weighted by Gasteiger charge is -2.17. The fraction of sp³-hybridized carbons (Fsp3) is 0.300. The molecule has 0 saturated heterocycles. The number of aliphatic carboxylic acids is 1. The van der Waals surface area contributed by atoms with Crippen molar-refractivity contribution >= 4 is 11.8 Å². The molecule has 6 heteroatoms. The minimum atomic E-state index is -0.933. The highest BCUT2D eigenvalue weighted by molar-refractivity contribution is 5.81. The first-order chi connectivity index (χ1) is 12.3. The highest BCUT2D eigenvalue weighted by Gasteiger charge is 2.15. The molecule has 0 heterocycles.